The lowest BCUT2D eigenvalue weighted by atomic mass is 10.2. The second-order valence-corrected chi connectivity index (χ2v) is 3.94. The van der Waals surface area contributed by atoms with Crippen LogP contribution in [0.2, 0.25) is 0 Å². The summed E-state index contributed by atoms with van der Waals surface area (Å²) in [4.78, 5) is 16.8. The molecule has 1 aromatic heterocycles. The van der Waals surface area contributed by atoms with Crippen LogP contribution in [0.5, 0.6) is 0 Å². The number of aliphatic hydroxyl groups excluding tert-OH is 1. The molecule has 0 aliphatic rings. The van der Waals surface area contributed by atoms with E-state index in [1.807, 2.05) is 0 Å². The SMILES string of the molecule is C=CCN(CCO)c1nc2ccc(C(=O)O)cc2o1. The molecule has 1 aromatic carbocycles. The molecule has 0 radical (unpaired) electrons. The van der Waals surface area contributed by atoms with Gasteiger partial charge in [0.2, 0.25) is 0 Å². The zero-order chi connectivity index (χ0) is 13.8. The normalized spacial score (nSPS) is 10.6. The highest BCUT2D eigenvalue weighted by molar-refractivity contribution is 5.92. The summed E-state index contributed by atoms with van der Waals surface area (Å²) in [5.74, 6) is -1.02. The largest absolute Gasteiger partial charge is 0.478 e. The van der Waals surface area contributed by atoms with Crippen molar-refractivity contribution in [1.82, 2.24) is 4.98 Å². The van der Waals surface area contributed by atoms with Crippen molar-refractivity contribution < 1.29 is 19.4 Å². The minimum absolute atomic E-state index is 0.0348. The number of carboxylic acid groups (broad SMARTS) is 1. The molecule has 2 N–H and O–H groups in total. The molecule has 1 heterocycles. The summed E-state index contributed by atoms with van der Waals surface area (Å²) in [5.41, 5.74) is 1.13. The maximum atomic E-state index is 10.9. The third-order valence-corrected chi connectivity index (χ3v) is 2.61. The summed E-state index contributed by atoms with van der Waals surface area (Å²) >= 11 is 0. The van der Waals surface area contributed by atoms with Gasteiger partial charge in [-0.25, -0.2) is 4.79 Å². The van der Waals surface area contributed by atoms with Crippen LogP contribution >= 0.6 is 0 Å². The zero-order valence-electron chi connectivity index (χ0n) is 10.2. The highest BCUT2D eigenvalue weighted by Gasteiger charge is 2.14. The number of oxazole rings is 1. The van der Waals surface area contributed by atoms with Gasteiger partial charge in [-0.05, 0) is 18.2 Å². The van der Waals surface area contributed by atoms with Crippen molar-refractivity contribution in [3.8, 4) is 0 Å². The summed E-state index contributed by atoms with van der Waals surface area (Å²) in [6.07, 6.45) is 1.67. The fourth-order valence-corrected chi connectivity index (χ4v) is 1.72. The molecule has 0 bridgehead atoms. The van der Waals surface area contributed by atoms with Crippen LogP contribution in [0.1, 0.15) is 10.4 Å². The number of rotatable bonds is 6. The summed E-state index contributed by atoms with van der Waals surface area (Å²) < 4.78 is 5.52. The Morgan fingerprint density at radius 1 is 1.53 bits per heavy atom. The molecule has 0 aliphatic carbocycles. The van der Waals surface area contributed by atoms with Crippen LogP contribution in [-0.2, 0) is 0 Å². The predicted octanol–water partition coefficient (Wildman–Crippen LogP) is 1.51. The highest BCUT2D eigenvalue weighted by Crippen LogP contribution is 2.22. The molecule has 0 aliphatic heterocycles. The number of carbonyl (C=O) groups is 1. The average Bonchev–Trinajstić information content (AvgIpc) is 2.80. The first-order valence-corrected chi connectivity index (χ1v) is 5.76. The van der Waals surface area contributed by atoms with Gasteiger partial charge in [-0.1, -0.05) is 6.08 Å². The van der Waals surface area contributed by atoms with Crippen molar-refractivity contribution in [2.75, 3.05) is 24.6 Å². The van der Waals surface area contributed by atoms with E-state index >= 15 is 0 Å². The second kappa shape index (κ2) is 5.53. The molecular weight excluding hydrogens is 248 g/mol. The lowest BCUT2D eigenvalue weighted by Crippen LogP contribution is -2.26. The molecule has 0 saturated carbocycles. The van der Waals surface area contributed by atoms with Crippen molar-refractivity contribution >= 4 is 23.1 Å². The van der Waals surface area contributed by atoms with Crippen molar-refractivity contribution in [2.45, 2.75) is 0 Å². The summed E-state index contributed by atoms with van der Waals surface area (Å²) in [5, 5.41) is 17.9. The van der Waals surface area contributed by atoms with E-state index in [4.69, 9.17) is 14.6 Å². The maximum absolute atomic E-state index is 10.9. The van der Waals surface area contributed by atoms with Crippen LogP contribution < -0.4 is 4.90 Å². The number of aromatic nitrogens is 1. The molecule has 2 rings (SSSR count). The summed E-state index contributed by atoms with van der Waals surface area (Å²) in [7, 11) is 0. The monoisotopic (exact) mass is 262 g/mol. The Bertz CT molecular complexity index is 606. The highest BCUT2D eigenvalue weighted by atomic mass is 16.4. The van der Waals surface area contributed by atoms with Crippen LogP contribution in [0.25, 0.3) is 11.1 Å². The van der Waals surface area contributed by atoms with Gasteiger partial charge < -0.3 is 19.5 Å². The number of hydrogen-bond donors (Lipinski definition) is 2. The van der Waals surface area contributed by atoms with Crippen LogP contribution in [-0.4, -0.2) is 40.9 Å². The van der Waals surface area contributed by atoms with E-state index in [0.29, 0.717) is 30.2 Å². The van der Waals surface area contributed by atoms with E-state index in [-0.39, 0.29) is 12.2 Å². The van der Waals surface area contributed by atoms with Gasteiger partial charge in [-0.2, -0.15) is 4.98 Å². The Morgan fingerprint density at radius 2 is 2.32 bits per heavy atom. The Morgan fingerprint density at radius 3 is 2.95 bits per heavy atom. The molecule has 0 unspecified atom stereocenters. The first-order valence-electron chi connectivity index (χ1n) is 5.76. The lowest BCUT2D eigenvalue weighted by Gasteiger charge is -2.16. The lowest BCUT2D eigenvalue weighted by molar-refractivity contribution is 0.0697. The van der Waals surface area contributed by atoms with Crippen molar-refractivity contribution in [1.29, 1.82) is 0 Å². The van der Waals surface area contributed by atoms with Gasteiger partial charge in [0.15, 0.2) is 5.58 Å². The first kappa shape index (κ1) is 13.1. The fourth-order valence-electron chi connectivity index (χ4n) is 1.72. The van der Waals surface area contributed by atoms with Gasteiger partial charge in [-0.15, -0.1) is 6.58 Å². The number of benzene rings is 1. The first-order chi connectivity index (χ1) is 9.15. The molecule has 0 saturated heterocycles. The molecule has 2 aromatic rings. The number of hydrogen-bond acceptors (Lipinski definition) is 5. The molecule has 19 heavy (non-hydrogen) atoms. The van der Waals surface area contributed by atoms with Crippen molar-refractivity contribution in [3.63, 3.8) is 0 Å². The molecule has 0 amide bonds. The number of nitrogens with zero attached hydrogens (tertiary/aromatic N) is 2. The van der Waals surface area contributed by atoms with E-state index < -0.39 is 5.97 Å². The van der Waals surface area contributed by atoms with Gasteiger partial charge in [-0.3, -0.25) is 0 Å². The zero-order valence-corrected chi connectivity index (χ0v) is 10.2. The van der Waals surface area contributed by atoms with E-state index in [0.717, 1.165) is 0 Å². The van der Waals surface area contributed by atoms with Crippen LogP contribution in [0, 0.1) is 0 Å². The average molecular weight is 262 g/mol. The third kappa shape index (κ3) is 2.74. The Kier molecular flexibility index (Phi) is 3.82. The van der Waals surface area contributed by atoms with Gasteiger partial charge in [0, 0.05) is 13.1 Å². The van der Waals surface area contributed by atoms with E-state index in [9.17, 15) is 4.79 Å². The summed E-state index contributed by atoms with van der Waals surface area (Å²) in [6, 6.07) is 4.84. The fraction of sp³-hybridized carbons (Fsp3) is 0.231. The number of carboxylic acids is 1. The Balaban J connectivity index is 2.39. The van der Waals surface area contributed by atoms with Gasteiger partial charge >= 0.3 is 5.97 Å². The minimum Gasteiger partial charge on any atom is -0.478 e. The molecule has 0 fully saturated rings. The Hall–Kier alpha value is -2.34. The molecule has 100 valence electrons. The standard InChI is InChI=1S/C13H14N2O4/c1-2-5-15(6-7-16)13-14-10-4-3-9(12(17)18)8-11(10)19-13/h2-4,8,16H,1,5-7H2,(H,17,18). The van der Waals surface area contributed by atoms with Crippen LogP contribution in [0.4, 0.5) is 6.01 Å². The van der Waals surface area contributed by atoms with Crippen LogP contribution in [0.15, 0.2) is 35.3 Å². The number of aromatic carboxylic acids is 1. The smallest absolute Gasteiger partial charge is 0.335 e. The number of aliphatic hydroxyl groups is 1. The van der Waals surface area contributed by atoms with Crippen molar-refractivity contribution in [2.24, 2.45) is 0 Å². The molecule has 0 spiro atoms. The number of anilines is 1. The van der Waals surface area contributed by atoms with Crippen molar-refractivity contribution in [3.05, 3.63) is 36.4 Å². The summed E-state index contributed by atoms with van der Waals surface area (Å²) in [6.45, 7) is 4.45. The Labute approximate surface area is 109 Å². The van der Waals surface area contributed by atoms with Gasteiger partial charge in [0.1, 0.15) is 5.52 Å². The van der Waals surface area contributed by atoms with Crippen LogP contribution in [0.3, 0.4) is 0 Å². The van der Waals surface area contributed by atoms with E-state index in [2.05, 4.69) is 11.6 Å². The second-order valence-electron chi connectivity index (χ2n) is 3.94. The maximum Gasteiger partial charge on any atom is 0.335 e. The topological polar surface area (TPSA) is 86.8 Å². The van der Waals surface area contributed by atoms with E-state index in [1.54, 1.807) is 17.0 Å². The minimum atomic E-state index is -1.02. The predicted molar refractivity (Wildman–Crippen MR) is 70.5 cm³/mol. The molecule has 6 nitrogen and oxygen atoms in total. The van der Waals surface area contributed by atoms with Gasteiger partial charge in [0.25, 0.3) is 6.01 Å². The molecule has 0 atom stereocenters. The quantitative estimate of drug-likeness (QED) is 0.767. The third-order valence-electron chi connectivity index (χ3n) is 2.61. The molecular formula is C13H14N2O4. The molecule has 6 heteroatoms. The number of fused-ring (bicyclic) bond motifs is 1. The van der Waals surface area contributed by atoms with Gasteiger partial charge in [0.05, 0.1) is 12.2 Å². The van der Waals surface area contributed by atoms with E-state index in [1.165, 1.54) is 12.1 Å².